The van der Waals surface area contributed by atoms with Gasteiger partial charge in [0.1, 0.15) is 0 Å². The first-order chi connectivity index (χ1) is 6.78. The molecule has 4 nitrogen and oxygen atoms in total. The molecule has 0 bridgehead atoms. The van der Waals surface area contributed by atoms with Gasteiger partial charge in [-0.2, -0.15) is 0 Å². The maximum atomic E-state index is 9.00. The summed E-state index contributed by atoms with van der Waals surface area (Å²) in [7, 11) is 0. The Morgan fingerprint density at radius 3 is 3.14 bits per heavy atom. The van der Waals surface area contributed by atoms with E-state index in [1.165, 1.54) is 4.88 Å². The van der Waals surface area contributed by atoms with E-state index in [0.29, 0.717) is 17.7 Å². The van der Waals surface area contributed by atoms with Crippen LogP contribution in [0.4, 0.5) is 5.13 Å². The number of aliphatic hydroxyl groups is 1. The third-order valence-electron chi connectivity index (χ3n) is 2.58. The zero-order valence-electron chi connectivity index (χ0n) is 8.02. The van der Waals surface area contributed by atoms with Crippen LogP contribution in [0.1, 0.15) is 11.3 Å². The highest BCUT2D eigenvalue weighted by Gasteiger charge is 2.21. The van der Waals surface area contributed by atoms with Crippen molar-refractivity contribution in [2.75, 3.05) is 25.4 Å². The summed E-state index contributed by atoms with van der Waals surface area (Å²) in [4.78, 5) is 7.57. The Morgan fingerprint density at radius 2 is 2.57 bits per heavy atom. The van der Waals surface area contributed by atoms with Gasteiger partial charge in [0.05, 0.1) is 0 Å². The molecule has 1 aliphatic rings. The second kappa shape index (κ2) is 4.25. The fraction of sp³-hybridized carbons (Fsp3) is 0.667. The van der Waals surface area contributed by atoms with Crippen molar-refractivity contribution in [2.45, 2.75) is 13.0 Å². The summed E-state index contributed by atoms with van der Waals surface area (Å²) in [5.74, 6) is 0.459. The van der Waals surface area contributed by atoms with Crippen molar-refractivity contribution in [2.24, 2.45) is 5.92 Å². The summed E-state index contributed by atoms with van der Waals surface area (Å²) in [6.45, 7) is 3.30. The molecule has 1 aromatic rings. The van der Waals surface area contributed by atoms with Crippen LogP contribution in [0.15, 0.2) is 6.20 Å². The number of hydrogen-bond acceptors (Lipinski definition) is 5. The summed E-state index contributed by atoms with van der Waals surface area (Å²) in [6, 6.07) is 0. The van der Waals surface area contributed by atoms with E-state index in [0.717, 1.165) is 26.1 Å². The smallest absolute Gasteiger partial charge is 0.180 e. The van der Waals surface area contributed by atoms with Gasteiger partial charge >= 0.3 is 0 Å². The Morgan fingerprint density at radius 1 is 1.71 bits per heavy atom. The van der Waals surface area contributed by atoms with E-state index >= 15 is 0 Å². The number of anilines is 1. The molecule has 1 atom stereocenters. The molecule has 14 heavy (non-hydrogen) atoms. The molecule has 5 heteroatoms. The van der Waals surface area contributed by atoms with Crippen LogP contribution in [-0.4, -0.2) is 34.7 Å². The van der Waals surface area contributed by atoms with Gasteiger partial charge in [-0.25, -0.2) is 4.98 Å². The van der Waals surface area contributed by atoms with Crippen molar-refractivity contribution in [1.82, 2.24) is 9.88 Å². The van der Waals surface area contributed by atoms with Crippen LogP contribution in [0, 0.1) is 5.92 Å². The number of nitrogens with two attached hydrogens (primary N) is 1. The van der Waals surface area contributed by atoms with E-state index in [2.05, 4.69) is 9.88 Å². The molecule has 0 amide bonds. The average Bonchev–Trinajstić information content (AvgIpc) is 2.76. The van der Waals surface area contributed by atoms with Crippen LogP contribution in [0.25, 0.3) is 0 Å². The molecule has 3 N–H and O–H groups in total. The third kappa shape index (κ3) is 2.23. The lowest BCUT2D eigenvalue weighted by Gasteiger charge is -2.13. The average molecular weight is 213 g/mol. The molecule has 0 radical (unpaired) electrons. The monoisotopic (exact) mass is 213 g/mol. The lowest BCUT2D eigenvalue weighted by Crippen LogP contribution is -2.20. The molecular formula is C9H15N3OS. The molecule has 0 unspecified atom stereocenters. The van der Waals surface area contributed by atoms with Crippen LogP contribution in [-0.2, 0) is 6.54 Å². The van der Waals surface area contributed by atoms with Crippen LogP contribution >= 0.6 is 11.3 Å². The second-order valence-corrected chi connectivity index (χ2v) is 4.88. The number of aromatic nitrogens is 1. The van der Waals surface area contributed by atoms with Gasteiger partial charge in [0.2, 0.25) is 0 Å². The van der Waals surface area contributed by atoms with Crippen molar-refractivity contribution in [1.29, 1.82) is 0 Å². The first-order valence-corrected chi connectivity index (χ1v) is 5.63. The van der Waals surface area contributed by atoms with Crippen molar-refractivity contribution < 1.29 is 5.11 Å². The van der Waals surface area contributed by atoms with Gasteiger partial charge in [0.15, 0.2) is 5.13 Å². The van der Waals surface area contributed by atoms with Crippen molar-refractivity contribution in [3.63, 3.8) is 0 Å². The highest BCUT2D eigenvalue weighted by Crippen LogP contribution is 2.21. The molecule has 1 saturated heterocycles. The highest BCUT2D eigenvalue weighted by atomic mass is 32.1. The first-order valence-electron chi connectivity index (χ1n) is 4.81. The molecule has 0 spiro atoms. The summed E-state index contributed by atoms with van der Waals surface area (Å²) in [6.07, 6.45) is 2.94. The summed E-state index contributed by atoms with van der Waals surface area (Å²) >= 11 is 1.55. The molecule has 2 rings (SSSR count). The largest absolute Gasteiger partial charge is 0.396 e. The number of likely N-dealkylation sites (tertiary alicyclic amines) is 1. The van der Waals surface area contributed by atoms with Crippen LogP contribution in [0.3, 0.4) is 0 Å². The topological polar surface area (TPSA) is 62.4 Å². The predicted octanol–water partition coefficient (Wildman–Crippen LogP) is 0.539. The number of thiazole rings is 1. The maximum Gasteiger partial charge on any atom is 0.180 e. The minimum absolute atomic E-state index is 0.307. The lowest BCUT2D eigenvalue weighted by atomic mass is 10.1. The Bertz CT molecular complexity index is 302. The van der Waals surface area contributed by atoms with Gasteiger partial charge in [-0.1, -0.05) is 0 Å². The normalized spacial score (nSPS) is 23.1. The van der Waals surface area contributed by atoms with E-state index in [1.807, 2.05) is 6.20 Å². The van der Waals surface area contributed by atoms with Crippen molar-refractivity contribution in [3.05, 3.63) is 11.1 Å². The van der Waals surface area contributed by atoms with Gasteiger partial charge in [0, 0.05) is 30.8 Å². The fourth-order valence-electron chi connectivity index (χ4n) is 1.82. The van der Waals surface area contributed by atoms with E-state index in [1.54, 1.807) is 11.3 Å². The standard InChI is InChI=1S/C9H15N3OS/c10-9-11-3-8(14-9)5-12-2-1-7(4-12)6-13/h3,7,13H,1-2,4-6H2,(H2,10,11)/t7-/m1/s1. The van der Waals surface area contributed by atoms with E-state index < -0.39 is 0 Å². The lowest BCUT2D eigenvalue weighted by molar-refractivity contribution is 0.220. The number of nitrogens with zero attached hydrogens (tertiary/aromatic N) is 2. The minimum atomic E-state index is 0.307. The fourth-order valence-corrected chi connectivity index (χ4v) is 2.55. The Hall–Kier alpha value is -0.650. The van der Waals surface area contributed by atoms with Crippen LogP contribution < -0.4 is 5.73 Å². The highest BCUT2D eigenvalue weighted by molar-refractivity contribution is 7.15. The van der Waals surface area contributed by atoms with E-state index in [4.69, 9.17) is 10.8 Å². The molecule has 1 aliphatic heterocycles. The number of aliphatic hydroxyl groups excluding tert-OH is 1. The molecule has 1 fully saturated rings. The SMILES string of the molecule is Nc1ncc(CN2CC[C@@H](CO)C2)s1. The molecule has 0 aromatic carbocycles. The third-order valence-corrected chi connectivity index (χ3v) is 3.39. The predicted molar refractivity (Wildman–Crippen MR) is 57.0 cm³/mol. The van der Waals surface area contributed by atoms with Crippen molar-refractivity contribution in [3.8, 4) is 0 Å². The van der Waals surface area contributed by atoms with Crippen LogP contribution in [0.2, 0.25) is 0 Å². The summed E-state index contributed by atoms with van der Waals surface area (Å²) < 4.78 is 0. The van der Waals surface area contributed by atoms with Gasteiger partial charge in [-0.3, -0.25) is 4.90 Å². The van der Waals surface area contributed by atoms with Gasteiger partial charge in [-0.05, 0) is 18.9 Å². The number of nitrogen functional groups attached to an aromatic ring is 1. The van der Waals surface area contributed by atoms with E-state index in [9.17, 15) is 0 Å². The Kier molecular flexibility index (Phi) is 3.00. The Balaban J connectivity index is 1.87. The number of hydrogen-bond donors (Lipinski definition) is 2. The minimum Gasteiger partial charge on any atom is -0.396 e. The van der Waals surface area contributed by atoms with Gasteiger partial charge in [-0.15, -0.1) is 11.3 Å². The van der Waals surface area contributed by atoms with Gasteiger partial charge < -0.3 is 10.8 Å². The Labute approximate surface area is 87.4 Å². The molecule has 1 aromatic heterocycles. The zero-order valence-corrected chi connectivity index (χ0v) is 8.83. The van der Waals surface area contributed by atoms with E-state index in [-0.39, 0.29) is 0 Å². The summed E-state index contributed by atoms with van der Waals surface area (Å²) in [5.41, 5.74) is 5.56. The molecular weight excluding hydrogens is 198 g/mol. The van der Waals surface area contributed by atoms with Gasteiger partial charge in [0.25, 0.3) is 0 Å². The molecule has 2 heterocycles. The quantitative estimate of drug-likeness (QED) is 0.769. The zero-order chi connectivity index (χ0) is 9.97. The molecule has 0 saturated carbocycles. The second-order valence-electron chi connectivity index (χ2n) is 3.74. The molecule has 0 aliphatic carbocycles. The first kappa shape index (κ1) is 9.89. The molecule has 78 valence electrons. The maximum absolute atomic E-state index is 9.00. The van der Waals surface area contributed by atoms with Crippen molar-refractivity contribution >= 4 is 16.5 Å². The number of rotatable bonds is 3. The van der Waals surface area contributed by atoms with Crippen LogP contribution in [0.5, 0.6) is 0 Å². The summed E-state index contributed by atoms with van der Waals surface area (Å²) in [5, 5.41) is 9.63.